The van der Waals surface area contributed by atoms with Crippen LogP contribution in [0.4, 0.5) is 5.69 Å². The Labute approximate surface area is 162 Å². The van der Waals surface area contributed by atoms with E-state index in [4.69, 9.17) is 39.5 Å². The molecule has 1 N–H and O–H groups in total. The first-order chi connectivity index (χ1) is 12.0. The molecule has 0 bridgehead atoms. The predicted molar refractivity (Wildman–Crippen MR) is 104 cm³/mol. The Hall–Kier alpha value is -1.46. The van der Waals surface area contributed by atoms with Crippen molar-refractivity contribution < 1.29 is 9.53 Å². The zero-order chi connectivity index (χ0) is 18.2. The number of hydrogen-bond acceptors (Lipinski definition) is 3. The van der Waals surface area contributed by atoms with Gasteiger partial charge in [-0.2, -0.15) is 0 Å². The molecule has 1 amide bonds. The lowest BCUT2D eigenvalue weighted by Crippen LogP contribution is -2.28. The van der Waals surface area contributed by atoms with Crippen LogP contribution in [0.2, 0.25) is 15.1 Å². The Balaban J connectivity index is 1.69. The molecule has 2 aromatic rings. The second-order valence-corrected chi connectivity index (χ2v) is 6.75. The normalized spacial score (nSPS) is 10.8. The molecule has 0 heterocycles. The number of anilines is 1. The van der Waals surface area contributed by atoms with Crippen molar-refractivity contribution in [3.05, 3.63) is 57.5 Å². The molecule has 0 radical (unpaired) electrons. The minimum Gasteiger partial charge on any atom is -0.492 e. The summed E-state index contributed by atoms with van der Waals surface area (Å²) in [4.78, 5) is 14.1. The number of para-hydroxylation sites is 1. The molecule has 2 aromatic carbocycles. The molecule has 134 valence electrons. The smallest absolute Gasteiger partial charge is 0.225 e. The van der Waals surface area contributed by atoms with E-state index in [2.05, 4.69) is 5.32 Å². The first-order valence-electron chi connectivity index (χ1n) is 7.76. The summed E-state index contributed by atoms with van der Waals surface area (Å²) >= 11 is 17.9. The molecule has 0 spiro atoms. The van der Waals surface area contributed by atoms with E-state index in [0.717, 1.165) is 5.75 Å². The number of carbonyl (C=O) groups excluding carboxylic acids is 1. The molecule has 0 aliphatic heterocycles. The third-order valence-corrected chi connectivity index (χ3v) is 4.39. The van der Waals surface area contributed by atoms with Crippen molar-refractivity contribution in [3.8, 4) is 5.75 Å². The molecule has 0 saturated carbocycles. The third kappa shape index (κ3) is 6.75. The summed E-state index contributed by atoms with van der Waals surface area (Å²) in [6, 6.07) is 12.3. The van der Waals surface area contributed by atoms with Crippen molar-refractivity contribution in [1.82, 2.24) is 4.90 Å². The number of likely N-dealkylation sites (N-methyl/N-ethyl adjacent to an activating group) is 1. The molecule has 7 heteroatoms. The zero-order valence-corrected chi connectivity index (χ0v) is 16.0. The largest absolute Gasteiger partial charge is 0.492 e. The first kappa shape index (κ1) is 19.9. The number of rotatable bonds is 8. The Morgan fingerprint density at radius 2 is 1.68 bits per heavy atom. The third-order valence-electron chi connectivity index (χ3n) is 3.50. The maximum absolute atomic E-state index is 12.0. The molecule has 0 aliphatic rings. The molecule has 2 rings (SSSR count). The quantitative estimate of drug-likeness (QED) is 0.678. The lowest BCUT2D eigenvalue weighted by Gasteiger charge is -2.17. The summed E-state index contributed by atoms with van der Waals surface area (Å²) in [6.07, 6.45) is 0.332. The number of benzene rings is 2. The van der Waals surface area contributed by atoms with E-state index in [1.807, 2.05) is 24.1 Å². The standard InChI is InChI=1S/C18H19Cl3N2O2/c1-23(11-12-25-14-7-5-13(19)6-8-14)10-9-17(24)22-18-15(20)3-2-4-16(18)21/h2-8H,9-12H2,1H3,(H,22,24). The molecule has 0 aromatic heterocycles. The minimum absolute atomic E-state index is 0.138. The number of amides is 1. The van der Waals surface area contributed by atoms with Gasteiger partial charge in [0.2, 0.25) is 5.91 Å². The Kier molecular flexibility index (Phi) is 7.85. The van der Waals surface area contributed by atoms with Crippen LogP contribution in [0.15, 0.2) is 42.5 Å². The monoisotopic (exact) mass is 400 g/mol. The van der Waals surface area contributed by atoms with Crippen LogP contribution in [0.25, 0.3) is 0 Å². The second kappa shape index (κ2) is 9.88. The topological polar surface area (TPSA) is 41.6 Å². The highest BCUT2D eigenvalue weighted by atomic mass is 35.5. The van der Waals surface area contributed by atoms with Crippen LogP contribution in [0.3, 0.4) is 0 Å². The van der Waals surface area contributed by atoms with Gasteiger partial charge in [0.1, 0.15) is 12.4 Å². The van der Waals surface area contributed by atoms with Gasteiger partial charge >= 0.3 is 0 Å². The van der Waals surface area contributed by atoms with E-state index in [9.17, 15) is 4.79 Å². The first-order valence-corrected chi connectivity index (χ1v) is 8.90. The van der Waals surface area contributed by atoms with Crippen molar-refractivity contribution in [2.75, 3.05) is 32.1 Å². The molecule has 25 heavy (non-hydrogen) atoms. The average Bonchev–Trinajstić information content (AvgIpc) is 2.58. The van der Waals surface area contributed by atoms with Gasteiger partial charge in [0.15, 0.2) is 0 Å². The highest BCUT2D eigenvalue weighted by molar-refractivity contribution is 6.39. The van der Waals surface area contributed by atoms with Crippen LogP contribution >= 0.6 is 34.8 Å². The highest BCUT2D eigenvalue weighted by Gasteiger charge is 2.10. The van der Waals surface area contributed by atoms with Crippen molar-refractivity contribution in [3.63, 3.8) is 0 Å². The number of hydrogen-bond donors (Lipinski definition) is 1. The number of nitrogens with zero attached hydrogens (tertiary/aromatic N) is 1. The summed E-state index contributed by atoms with van der Waals surface area (Å²) in [5.74, 6) is 0.629. The maximum atomic E-state index is 12.0. The van der Waals surface area contributed by atoms with Gasteiger partial charge in [0, 0.05) is 24.5 Å². The fourth-order valence-electron chi connectivity index (χ4n) is 2.07. The van der Waals surface area contributed by atoms with Crippen molar-refractivity contribution in [1.29, 1.82) is 0 Å². The van der Waals surface area contributed by atoms with Crippen LogP contribution in [-0.2, 0) is 4.79 Å². The minimum atomic E-state index is -0.138. The number of nitrogens with one attached hydrogen (secondary N) is 1. The van der Waals surface area contributed by atoms with Crippen molar-refractivity contribution in [2.45, 2.75) is 6.42 Å². The molecule has 0 fully saturated rings. The van der Waals surface area contributed by atoms with Gasteiger partial charge in [-0.15, -0.1) is 0 Å². The molecule has 0 unspecified atom stereocenters. The van der Waals surface area contributed by atoms with Gasteiger partial charge in [0.25, 0.3) is 0 Å². The van der Waals surface area contributed by atoms with E-state index >= 15 is 0 Å². The van der Waals surface area contributed by atoms with E-state index in [-0.39, 0.29) is 5.91 Å². The van der Waals surface area contributed by atoms with E-state index in [1.54, 1.807) is 30.3 Å². The SMILES string of the molecule is CN(CCOc1ccc(Cl)cc1)CCC(=O)Nc1c(Cl)cccc1Cl. The van der Waals surface area contributed by atoms with Crippen LogP contribution < -0.4 is 10.1 Å². The van der Waals surface area contributed by atoms with Crippen LogP contribution in [0, 0.1) is 0 Å². The lowest BCUT2D eigenvalue weighted by atomic mass is 10.3. The molecule has 0 aliphatic carbocycles. The fraction of sp³-hybridized carbons (Fsp3) is 0.278. The average molecular weight is 402 g/mol. The second-order valence-electron chi connectivity index (χ2n) is 5.50. The number of halogens is 3. The summed E-state index contributed by atoms with van der Waals surface area (Å²) in [6.45, 7) is 1.82. The van der Waals surface area contributed by atoms with E-state index < -0.39 is 0 Å². The Bertz CT molecular complexity index is 688. The van der Waals surface area contributed by atoms with Gasteiger partial charge in [-0.1, -0.05) is 40.9 Å². The summed E-state index contributed by atoms with van der Waals surface area (Å²) in [5.41, 5.74) is 0.449. The number of carbonyl (C=O) groups is 1. The molecule has 4 nitrogen and oxygen atoms in total. The fourth-order valence-corrected chi connectivity index (χ4v) is 2.69. The summed E-state index contributed by atoms with van der Waals surface area (Å²) in [5, 5.41) is 4.27. The maximum Gasteiger partial charge on any atom is 0.225 e. The molecular weight excluding hydrogens is 383 g/mol. The molecule has 0 saturated heterocycles. The Morgan fingerprint density at radius 3 is 2.32 bits per heavy atom. The van der Waals surface area contributed by atoms with Crippen molar-refractivity contribution >= 4 is 46.4 Å². The lowest BCUT2D eigenvalue weighted by molar-refractivity contribution is -0.116. The van der Waals surface area contributed by atoms with Gasteiger partial charge < -0.3 is 15.0 Å². The number of ether oxygens (including phenoxy) is 1. The van der Waals surface area contributed by atoms with E-state index in [0.29, 0.717) is 46.9 Å². The van der Waals surface area contributed by atoms with Gasteiger partial charge in [-0.25, -0.2) is 0 Å². The van der Waals surface area contributed by atoms with Crippen LogP contribution in [-0.4, -0.2) is 37.6 Å². The summed E-state index contributed by atoms with van der Waals surface area (Å²) < 4.78 is 5.63. The predicted octanol–water partition coefficient (Wildman–Crippen LogP) is 4.99. The Morgan fingerprint density at radius 1 is 1.04 bits per heavy atom. The van der Waals surface area contributed by atoms with Crippen LogP contribution in [0.5, 0.6) is 5.75 Å². The van der Waals surface area contributed by atoms with Gasteiger partial charge in [0.05, 0.1) is 15.7 Å². The molecular formula is C18H19Cl3N2O2. The van der Waals surface area contributed by atoms with Gasteiger partial charge in [-0.05, 0) is 43.4 Å². The van der Waals surface area contributed by atoms with Crippen LogP contribution in [0.1, 0.15) is 6.42 Å². The van der Waals surface area contributed by atoms with E-state index in [1.165, 1.54) is 0 Å². The zero-order valence-electron chi connectivity index (χ0n) is 13.8. The van der Waals surface area contributed by atoms with Crippen molar-refractivity contribution in [2.24, 2.45) is 0 Å². The molecule has 0 atom stereocenters. The van der Waals surface area contributed by atoms with Gasteiger partial charge in [-0.3, -0.25) is 4.79 Å². The summed E-state index contributed by atoms with van der Waals surface area (Å²) in [7, 11) is 1.93. The highest BCUT2D eigenvalue weighted by Crippen LogP contribution is 2.29.